The van der Waals surface area contributed by atoms with E-state index in [0.717, 1.165) is 33.2 Å². The molecule has 10 nitrogen and oxygen atoms in total. The van der Waals surface area contributed by atoms with Crippen LogP contribution in [0.1, 0.15) is 46.4 Å². The van der Waals surface area contributed by atoms with Crippen LogP contribution in [0.5, 0.6) is 5.75 Å². The van der Waals surface area contributed by atoms with Crippen LogP contribution in [0, 0.1) is 0 Å². The van der Waals surface area contributed by atoms with Gasteiger partial charge in [-0.3, -0.25) is 14.4 Å². The summed E-state index contributed by atoms with van der Waals surface area (Å²) in [6.45, 7) is 2.11. The van der Waals surface area contributed by atoms with Gasteiger partial charge in [0.25, 0.3) is 5.91 Å². The lowest BCUT2D eigenvalue weighted by Crippen LogP contribution is -2.40. The van der Waals surface area contributed by atoms with Gasteiger partial charge in [-0.1, -0.05) is 54.6 Å². The predicted octanol–water partition coefficient (Wildman–Crippen LogP) is 4.38. The second kappa shape index (κ2) is 13.1. The molecule has 0 saturated heterocycles. The quantitative estimate of drug-likeness (QED) is 0.206. The molecule has 4 aromatic carbocycles. The lowest BCUT2D eigenvalue weighted by atomic mass is 9.95. The number of hydrogen-bond donors (Lipinski definition) is 4. The first-order valence-corrected chi connectivity index (χ1v) is 14.0. The minimum absolute atomic E-state index is 0.0218. The third-order valence-electron chi connectivity index (χ3n) is 7.31. The van der Waals surface area contributed by atoms with Crippen LogP contribution in [0.15, 0.2) is 84.9 Å². The molecule has 4 N–H and O–H groups in total. The first-order valence-electron chi connectivity index (χ1n) is 14.0. The lowest BCUT2D eigenvalue weighted by molar-refractivity contribution is -0.136. The van der Waals surface area contributed by atoms with E-state index in [2.05, 4.69) is 16.0 Å². The standard InChI is InChI=1S/C33H32N4O6/c1-21(38)37-17-15-26-18-27(11-13-29(26)37)31(23-6-8-24(9-7-23)32(41)34-16-14-30(39)40)36-33(42)35-20-43-28-12-10-22-4-2-3-5-25(22)19-28/h2-13,18-19,31H,14-17,20H2,1H3,(H,34,41)(H,39,40)(H2,35,36,42). The normalized spacial score (nSPS) is 12.7. The van der Waals surface area contributed by atoms with E-state index in [1.54, 1.807) is 29.2 Å². The Labute approximate surface area is 248 Å². The van der Waals surface area contributed by atoms with Crippen molar-refractivity contribution in [3.63, 3.8) is 0 Å². The van der Waals surface area contributed by atoms with Gasteiger partial charge in [-0.2, -0.15) is 0 Å². The summed E-state index contributed by atoms with van der Waals surface area (Å²) in [4.78, 5) is 50.0. The second-order valence-corrected chi connectivity index (χ2v) is 10.2. The summed E-state index contributed by atoms with van der Waals surface area (Å²) in [6.07, 6.45) is 0.533. The summed E-state index contributed by atoms with van der Waals surface area (Å²) in [5, 5.41) is 19.3. The fourth-order valence-corrected chi connectivity index (χ4v) is 5.12. The van der Waals surface area contributed by atoms with E-state index in [4.69, 9.17) is 9.84 Å². The number of ether oxygens (including phenoxy) is 1. The molecular formula is C33H32N4O6. The van der Waals surface area contributed by atoms with E-state index in [9.17, 15) is 19.2 Å². The average Bonchev–Trinajstić information content (AvgIpc) is 3.43. The van der Waals surface area contributed by atoms with Crippen molar-refractivity contribution in [1.29, 1.82) is 0 Å². The van der Waals surface area contributed by atoms with E-state index < -0.39 is 18.0 Å². The number of carboxylic acids is 1. The van der Waals surface area contributed by atoms with Crippen molar-refractivity contribution in [3.8, 4) is 5.75 Å². The van der Waals surface area contributed by atoms with Gasteiger partial charge in [-0.15, -0.1) is 0 Å². The molecule has 1 unspecified atom stereocenters. The molecule has 4 aromatic rings. The van der Waals surface area contributed by atoms with E-state index in [1.807, 2.05) is 60.7 Å². The Balaban J connectivity index is 1.31. The Morgan fingerprint density at radius 1 is 0.884 bits per heavy atom. The number of benzene rings is 4. The molecule has 1 aliphatic rings. The fraction of sp³-hybridized carbons (Fsp3) is 0.212. The predicted molar refractivity (Wildman–Crippen MR) is 162 cm³/mol. The largest absolute Gasteiger partial charge is 0.481 e. The number of carbonyl (C=O) groups is 4. The zero-order chi connectivity index (χ0) is 30.3. The number of nitrogens with zero attached hydrogens (tertiary/aromatic N) is 1. The number of amides is 4. The number of hydrogen-bond acceptors (Lipinski definition) is 5. The van der Waals surface area contributed by atoms with E-state index >= 15 is 0 Å². The minimum Gasteiger partial charge on any atom is -0.481 e. The maximum absolute atomic E-state index is 13.1. The zero-order valence-corrected chi connectivity index (χ0v) is 23.6. The molecule has 0 fully saturated rings. The molecule has 0 saturated carbocycles. The summed E-state index contributed by atoms with van der Waals surface area (Å²) in [5.41, 5.74) is 3.78. The third-order valence-corrected chi connectivity index (χ3v) is 7.31. The molecule has 0 radical (unpaired) electrons. The number of aliphatic carboxylic acids is 1. The lowest BCUT2D eigenvalue weighted by Gasteiger charge is -2.22. The molecule has 1 aliphatic heterocycles. The Kier molecular flexibility index (Phi) is 8.85. The number of rotatable bonds is 10. The van der Waals surface area contributed by atoms with Crippen molar-refractivity contribution in [2.75, 3.05) is 24.7 Å². The summed E-state index contributed by atoms with van der Waals surface area (Å²) < 4.78 is 5.77. The van der Waals surface area contributed by atoms with Crippen LogP contribution in [-0.4, -0.2) is 48.7 Å². The van der Waals surface area contributed by atoms with Crippen LogP contribution in [0.4, 0.5) is 10.5 Å². The molecule has 0 aliphatic carbocycles. The van der Waals surface area contributed by atoms with Gasteiger partial charge >= 0.3 is 12.0 Å². The van der Waals surface area contributed by atoms with Gasteiger partial charge < -0.3 is 30.7 Å². The molecule has 0 bridgehead atoms. The van der Waals surface area contributed by atoms with Gasteiger partial charge in [0.15, 0.2) is 6.73 Å². The van der Waals surface area contributed by atoms with Crippen LogP contribution >= 0.6 is 0 Å². The van der Waals surface area contributed by atoms with Crippen molar-refractivity contribution in [1.82, 2.24) is 16.0 Å². The van der Waals surface area contributed by atoms with E-state index in [1.165, 1.54) is 6.92 Å². The molecule has 43 heavy (non-hydrogen) atoms. The molecule has 10 heteroatoms. The third kappa shape index (κ3) is 7.10. The highest BCUT2D eigenvalue weighted by Crippen LogP contribution is 2.32. The SMILES string of the molecule is CC(=O)N1CCc2cc(C(NC(=O)NCOc3ccc4ccccc4c3)c3ccc(C(=O)NCCC(=O)O)cc3)ccc21. The first-order chi connectivity index (χ1) is 20.8. The van der Waals surface area contributed by atoms with Crippen molar-refractivity contribution in [3.05, 3.63) is 107 Å². The monoisotopic (exact) mass is 580 g/mol. The van der Waals surface area contributed by atoms with Gasteiger partial charge in [0.2, 0.25) is 5.91 Å². The summed E-state index contributed by atoms with van der Waals surface area (Å²) in [7, 11) is 0. The Morgan fingerprint density at radius 2 is 1.63 bits per heavy atom. The number of fused-ring (bicyclic) bond motifs is 2. The highest BCUT2D eigenvalue weighted by atomic mass is 16.5. The summed E-state index contributed by atoms with van der Waals surface area (Å²) in [6, 6.07) is 25.1. The zero-order valence-electron chi connectivity index (χ0n) is 23.6. The topological polar surface area (TPSA) is 137 Å². The van der Waals surface area contributed by atoms with Crippen molar-refractivity contribution < 1.29 is 29.0 Å². The fourth-order valence-electron chi connectivity index (χ4n) is 5.12. The van der Waals surface area contributed by atoms with Crippen LogP contribution in [0.25, 0.3) is 10.8 Å². The maximum atomic E-state index is 13.1. The number of urea groups is 1. The Hall–Kier alpha value is -5.38. The molecule has 0 spiro atoms. The first kappa shape index (κ1) is 29.1. The van der Waals surface area contributed by atoms with E-state index in [0.29, 0.717) is 24.3 Å². The number of anilines is 1. The second-order valence-electron chi connectivity index (χ2n) is 10.2. The summed E-state index contributed by atoms with van der Waals surface area (Å²) in [5.74, 6) is -0.778. The van der Waals surface area contributed by atoms with Gasteiger partial charge in [-0.25, -0.2) is 4.79 Å². The van der Waals surface area contributed by atoms with Gasteiger partial charge in [0, 0.05) is 31.3 Å². The number of nitrogens with one attached hydrogen (secondary N) is 3. The van der Waals surface area contributed by atoms with Gasteiger partial charge in [-0.05, 0) is 64.2 Å². The molecule has 1 atom stereocenters. The van der Waals surface area contributed by atoms with Gasteiger partial charge in [0.1, 0.15) is 5.75 Å². The smallest absolute Gasteiger partial charge is 0.318 e. The molecular weight excluding hydrogens is 548 g/mol. The van der Waals surface area contributed by atoms with Crippen molar-refractivity contribution >= 4 is 40.3 Å². The van der Waals surface area contributed by atoms with Crippen LogP contribution in [-0.2, 0) is 16.0 Å². The van der Waals surface area contributed by atoms with Crippen molar-refractivity contribution in [2.24, 2.45) is 0 Å². The Bertz CT molecular complexity index is 1670. The van der Waals surface area contributed by atoms with Crippen LogP contribution < -0.4 is 25.6 Å². The molecule has 4 amide bonds. The minimum atomic E-state index is -0.994. The molecule has 0 aromatic heterocycles. The highest BCUT2D eigenvalue weighted by molar-refractivity contribution is 5.95. The molecule has 5 rings (SSSR count). The molecule has 1 heterocycles. The van der Waals surface area contributed by atoms with Crippen LogP contribution in [0.2, 0.25) is 0 Å². The summed E-state index contributed by atoms with van der Waals surface area (Å²) >= 11 is 0. The number of carboxylic acid groups (broad SMARTS) is 1. The Morgan fingerprint density at radius 3 is 2.37 bits per heavy atom. The highest BCUT2D eigenvalue weighted by Gasteiger charge is 2.25. The maximum Gasteiger partial charge on any atom is 0.318 e. The molecule has 220 valence electrons. The van der Waals surface area contributed by atoms with E-state index in [-0.39, 0.29) is 31.5 Å². The van der Waals surface area contributed by atoms with Crippen molar-refractivity contribution in [2.45, 2.75) is 25.8 Å². The van der Waals surface area contributed by atoms with Crippen LogP contribution in [0.3, 0.4) is 0 Å². The number of carbonyl (C=O) groups excluding carboxylic acids is 3. The average molecular weight is 581 g/mol. The van der Waals surface area contributed by atoms with Gasteiger partial charge in [0.05, 0.1) is 12.5 Å².